The zero-order valence-electron chi connectivity index (χ0n) is 13.7. The third-order valence-electron chi connectivity index (χ3n) is 4.04. The molecule has 0 atom stereocenters. The Labute approximate surface area is 144 Å². The number of phenols is 1. The van der Waals surface area contributed by atoms with Gasteiger partial charge in [-0.25, -0.2) is 4.98 Å². The molecule has 0 aliphatic rings. The molecule has 0 amide bonds. The molecular formula is C20H17N3O2. The first-order chi connectivity index (χ1) is 12.2. The number of benzene rings is 2. The van der Waals surface area contributed by atoms with E-state index < -0.39 is 0 Å². The number of hydrogen-bond donors (Lipinski definition) is 3. The van der Waals surface area contributed by atoms with Gasteiger partial charge in [0.15, 0.2) is 0 Å². The lowest BCUT2D eigenvalue weighted by atomic mass is 10.1. The van der Waals surface area contributed by atoms with Gasteiger partial charge in [-0.05, 0) is 36.4 Å². The van der Waals surface area contributed by atoms with E-state index >= 15 is 0 Å². The zero-order valence-corrected chi connectivity index (χ0v) is 13.7. The van der Waals surface area contributed by atoms with Crippen molar-refractivity contribution in [1.82, 2.24) is 9.97 Å². The van der Waals surface area contributed by atoms with Gasteiger partial charge in [-0.3, -0.25) is 0 Å². The van der Waals surface area contributed by atoms with Gasteiger partial charge in [0, 0.05) is 34.6 Å². The summed E-state index contributed by atoms with van der Waals surface area (Å²) in [7, 11) is 1.66. The van der Waals surface area contributed by atoms with Crippen molar-refractivity contribution in [3.8, 4) is 22.8 Å². The van der Waals surface area contributed by atoms with Crippen LogP contribution in [0.1, 0.15) is 0 Å². The largest absolute Gasteiger partial charge is 0.508 e. The van der Waals surface area contributed by atoms with Crippen LogP contribution in [0.2, 0.25) is 0 Å². The summed E-state index contributed by atoms with van der Waals surface area (Å²) < 4.78 is 5.30. The maximum absolute atomic E-state index is 9.63. The van der Waals surface area contributed by atoms with Crippen molar-refractivity contribution in [3.63, 3.8) is 0 Å². The summed E-state index contributed by atoms with van der Waals surface area (Å²) in [4.78, 5) is 7.85. The number of aromatic hydroxyl groups is 1. The number of aromatic nitrogens is 2. The second-order valence-electron chi connectivity index (χ2n) is 5.71. The molecule has 0 spiro atoms. The predicted molar refractivity (Wildman–Crippen MR) is 99.5 cm³/mol. The summed E-state index contributed by atoms with van der Waals surface area (Å²) in [5, 5.41) is 13.9. The third-order valence-corrected chi connectivity index (χ3v) is 4.04. The molecule has 4 aromatic rings. The summed E-state index contributed by atoms with van der Waals surface area (Å²) in [5.41, 5.74) is 3.79. The maximum Gasteiger partial charge on any atom is 0.139 e. The van der Waals surface area contributed by atoms with Gasteiger partial charge in [0.05, 0.1) is 12.6 Å². The number of phenolic OH excluding ortho intramolecular Hbond substituents is 1. The lowest BCUT2D eigenvalue weighted by molar-refractivity contribution is 0.415. The van der Waals surface area contributed by atoms with Gasteiger partial charge in [-0.15, -0.1) is 0 Å². The van der Waals surface area contributed by atoms with Crippen molar-refractivity contribution in [3.05, 3.63) is 66.9 Å². The molecule has 25 heavy (non-hydrogen) atoms. The van der Waals surface area contributed by atoms with Crippen LogP contribution in [0.15, 0.2) is 66.9 Å². The average Bonchev–Trinajstić information content (AvgIpc) is 3.07. The first kappa shape index (κ1) is 15.1. The monoisotopic (exact) mass is 331 g/mol. The Morgan fingerprint density at radius 3 is 2.76 bits per heavy atom. The smallest absolute Gasteiger partial charge is 0.139 e. The van der Waals surface area contributed by atoms with Gasteiger partial charge in [-0.1, -0.05) is 18.2 Å². The van der Waals surface area contributed by atoms with Crippen molar-refractivity contribution < 1.29 is 9.84 Å². The fourth-order valence-corrected chi connectivity index (χ4v) is 2.82. The number of methoxy groups -OCH3 is 1. The summed E-state index contributed by atoms with van der Waals surface area (Å²) in [6.45, 7) is 0. The number of anilines is 2. The summed E-state index contributed by atoms with van der Waals surface area (Å²) >= 11 is 0. The minimum atomic E-state index is 0.211. The molecule has 2 aromatic heterocycles. The van der Waals surface area contributed by atoms with E-state index in [0.29, 0.717) is 0 Å². The molecule has 5 nitrogen and oxygen atoms in total. The van der Waals surface area contributed by atoms with Crippen molar-refractivity contribution in [2.24, 2.45) is 0 Å². The molecule has 2 aromatic carbocycles. The molecule has 0 unspecified atom stereocenters. The van der Waals surface area contributed by atoms with Crippen LogP contribution in [-0.2, 0) is 0 Å². The van der Waals surface area contributed by atoms with E-state index in [1.54, 1.807) is 31.5 Å². The number of aromatic amines is 1. The molecule has 0 bridgehead atoms. The zero-order chi connectivity index (χ0) is 17.2. The molecule has 0 aliphatic carbocycles. The van der Waals surface area contributed by atoms with E-state index in [-0.39, 0.29) is 5.75 Å². The number of nitrogens with zero attached hydrogens (tertiary/aromatic N) is 1. The number of nitrogens with one attached hydrogen (secondary N) is 2. The Morgan fingerprint density at radius 2 is 1.92 bits per heavy atom. The van der Waals surface area contributed by atoms with Gasteiger partial charge >= 0.3 is 0 Å². The van der Waals surface area contributed by atoms with Gasteiger partial charge in [0.25, 0.3) is 0 Å². The molecular weight excluding hydrogens is 314 g/mol. The van der Waals surface area contributed by atoms with Gasteiger partial charge in [0.1, 0.15) is 17.3 Å². The SMILES string of the molecule is COc1cccc(-c2cc3c(Nc4cccc(O)c4)nccc3[nH]2)c1. The molecule has 124 valence electrons. The summed E-state index contributed by atoms with van der Waals surface area (Å²) in [6.07, 6.45) is 1.75. The molecule has 0 saturated carbocycles. The average molecular weight is 331 g/mol. The van der Waals surface area contributed by atoms with Crippen LogP contribution >= 0.6 is 0 Å². The van der Waals surface area contributed by atoms with E-state index in [1.807, 2.05) is 36.4 Å². The second-order valence-corrected chi connectivity index (χ2v) is 5.71. The molecule has 0 radical (unpaired) electrons. The molecule has 0 fully saturated rings. The summed E-state index contributed by atoms with van der Waals surface area (Å²) in [6, 6.07) is 18.9. The molecule has 5 heteroatoms. The minimum Gasteiger partial charge on any atom is -0.508 e. The highest BCUT2D eigenvalue weighted by Gasteiger charge is 2.09. The highest BCUT2D eigenvalue weighted by molar-refractivity contribution is 5.95. The minimum absolute atomic E-state index is 0.211. The van der Waals surface area contributed by atoms with Gasteiger partial charge in [-0.2, -0.15) is 0 Å². The first-order valence-electron chi connectivity index (χ1n) is 7.91. The van der Waals surface area contributed by atoms with Crippen molar-refractivity contribution in [2.45, 2.75) is 0 Å². The van der Waals surface area contributed by atoms with E-state index in [9.17, 15) is 5.11 Å². The van der Waals surface area contributed by atoms with Crippen LogP contribution in [0.5, 0.6) is 11.5 Å². The molecule has 3 N–H and O–H groups in total. The van der Waals surface area contributed by atoms with Crippen LogP contribution < -0.4 is 10.1 Å². The number of fused-ring (bicyclic) bond motifs is 1. The van der Waals surface area contributed by atoms with Crippen LogP contribution in [0.3, 0.4) is 0 Å². The van der Waals surface area contributed by atoms with Crippen molar-refractivity contribution >= 4 is 22.4 Å². The van der Waals surface area contributed by atoms with E-state index in [1.165, 1.54) is 0 Å². The fraction of sp³-hybridized carbons (Fsp3) is 0.0500. The maximum atomic E-state index is 9.63. The van der Waals surface area contributed by atoms with Gasteiger partial charge < -0.3 is 20.1 Å². The quantitative estimate of drug-likeness (QED) is 0.507. The molecule has 0 saturated heterocycles. The Kier molecular flexibility index (Phi) is 3.74. The molecule has 0 aliphatic heterocycles. The third kappa shape index (κ3) is 2.99. The number of hydrogen-bond acceptors (Lipinski definition) is 4. The number of pyridine rings is 1. The highest BCUT2D eigenvalue weighted by atomic mass is 16.5. The predicted octanol–water partition coefficient (Wildman–Crippen LogP) is 4.69. The van der Waals surface area contributed by atoms with Crippen LogP contribution in [0.25, 0.3) is 22.2 Å². The van der Waals surface area contributed by atoms with Crippen LogP contribution in [0, 0.1) is 0 Å². The number of H-pyrrole nitrogens is 1. The van der Waals surface area contributed by atoms with Crippen LogP contribution in [0.4, 0.5) is 11.5 Å². The fourth-order valence-electron chi connectivity index (χ4n) is 2.82. The second kappa shape index (κ2) is 6.20. The van der Waals surface area contributed by atoms with Crippen molar-refractivity contribution in [1.29, 1.82) is 0 Å². The topological polar surface area (TPSA) is 70.2 Å². The highest BCUT2D eigenvalue weighted by Crippen LogP contribution is 2.31. The number of rotatable bonds is 4. The first-order valence-corrected chi connectivity index (χ1v) is 7.91. The Bertz CT molecular complexity index is 1040. The Balaban J connectivity index is 1.75. The summed E-state index contributed by atoms with van der Waals surface area (Å²) in [5.74, 6) is 1.75. The normalized spacial score (nSPS) is 10.8. The van der Waals surface area contributed by atoms with E-state index in [4.69, 9.17) is 4.74 Å². The van der Waals surface area contributed by atoms with Gasteiger partial charge in [0.2, 0.25) is 0 Å². The Morgan fingerprint density at radius 1 is 1.04 bits per heavy atom. The molecule has 2 heterocycles. The van der Waals surface area contributed by atoms with E-state index in [2.05, 4.69) is 21.4 Å². The van der Waals surface area contributed by atoms with Crippen molar-refractivity contribution in [2.75, 3.05) is 12.4 Å². The molecule has 4 rings (SSSR count). The standard InChI is InChI=1S/C20H17N3O2/c1-25-16-7-2-4-13(10-16)19-12-17-18(23-19)8-9-21-20(17)22-14-5-3-6-15(24)11-14/h2-12,23-24H,1H3,(H,21,22). The van der Waals surface area contributed by atoms with Crippen LogP contribution in [-0.4, -0.2) is 22.2 Å². The van der Waals surface area contributed by atoms with E-state index in [0.717, 1.165) is 39.4 Å². The lowest BCUT2D eigenvalue weighted by Crippen LogP contribution is -1.93. The lowest BCUT2D eigenvalue weighted by Gasteiger charge is -2.06. The number of ether oxygens (including phenoxy) is 1. The Hall–Kier alpha value is -3.47.